The summed E-state index contributed by atoms with van der Waals surface area (Å²) < 4.78 is 10.9. The Labute approximate surface area is 185 Å². The molecule has 0 aliphatic carbocycles. The van der Waals surface area contributed by atoms with Gasteiger partial charge in [-0.25, -0.2) is 0 Å². The SMILES string of the molecule is C.CC(=O)N[C@@H]1CN[C@H](C(=O)N2CC(Oc3ccc4c(c3C(=O)[O-])O[B-](O)(O)CC4)C2)C1. The van der Waals surface area contributed by atoms with E-state index < -0.39 is 24.9 Å². The van der Waals surface area contributed by atoms with Crippen molar-refractivity contribution >= 4 is 24.5 Å². The van der Waals surface area contributed by atoms with E-state index in [9.17, 15) is 29.5 Å². The molecule has 2 saturated heterocycles. The van der Waals surface area contributed by atoms with Gasteiger partial charge < -0.3 is 44.9 Å². The number of carbonyl (C=O) groups is 3. The first-order valence-corrected chi connectivity index (χ1v) is 10.3. The first-order chi connectivity index (χ1) is 14.6. The number of carboxylic acid groups (broad SMARTS) is 1. The van der Waals surface area contributed by atoms with E-state index in [1.54, 1.807) is 11.0 Å². The zero-order chi connectivity index (χ0) is 22.3. The normalized spacial score (nSPS) is 23.8. The van der Waals surface area contributed by atoms with Crippen LogP contribution in [0, 0.1) is 0 Å². The Bertz CT molecular complexity index is 918. The van der Waals surface area contributed by atoms with E-state index in [0.29, 0.717) is 18.5 Å². The number of aryl methyl sites for hydroxylation is 1. The predicted octanol–water partition coefficient (Wildman–Crippen LogP) is -2.00. The van der Waals surface area contributed by atoms with Crippen LogP contribution in [0.4, 0.5) is 0 Å². The summed E-state index contributed by atoms with van der Waals surface area (Å²) >= 11 is 0. The molecule has 3 aliphatic rings. The van der Waals surface area contributed by atoms with Crippen LogP contribution < -0.4 is 25.1 Å². The van der Waals surface area contributed by atoms with Gasteiger partial charge in [0.05, 0.1) is 36.4 Å². The second-order valence-corrected chi connectivity index (χ2v) is 8.31. The van der Waals surface area contributed by atoms with E-state index in [2.05, 4.69) is 10.6 Å². The average molecular weight is 449 g/mol. The van der Waals surface area contributed by atoms with E-state index in [0.717, 1.165) is 0 Å². The Morgan fingerprint density at radius 3 is 2.69 bits per heavy atom. The Balaban J connectivity index is 0.00000289. The third-order valence-electron chi connectivity index (χ3n) is 5.79. The minimum Gasteiger partial charge on any atom is -0.669 e. The third-order valence-corrected chi connectivity index (χ3v) is 5.79. The molecular weight excluding hydrogens is 421 g/mol. The molecule has 0 aromatic heterocycles. The highest BCUT2D eigenvalue weighted by atomic mass is 16.6. The van der Waals surface area contributed by atoms with Crippen LogP contribution in [-0.4, -0.2) is 77.3 Å². The molecule has 2 atom stereocenters. The second kappa shape index (κ2) is 8.97. The highest BCUT2D eigenvalue weighted by molar-refractivity contribution is 6.59. The number of fused-ring (bicyclic) bond motifs is 1. The van der Waals surface area contributed by atoms with Gasteiger partial charge in [-0.05, 0) is 24.5 Å². The molecule has 1 aromatic rings. The van der Waals surface area contributed by atoms with E-state index in [-0.39, 0.29) is 68.2 Å². The quantitative estimate of drug-likeness (QED) is 0.373. The summed E-state index contributed by atoms with van der Waals surface area (Å²) in [6.45, 7) is -0.629. The number of amides is 2. The number of hydrogen-bond donors (Lipinski definition) is 4. The van der Waals surface area contributed by atoms with Crippen molar-refractivity contribution in [3.05, 3.63) is 23.3 Å². The number of aromatic carboxylic acids is 1. The number of nitrogens with one attached hydrogen (secondary N) is 2. The van der Waals surface area contributed by atoms with Crippen molar-refractivity contribution in [3.63, 3.8) is 0 Å². The zero-order valence-corrected chi connectivity index (χ0v) is 17.0. The van der Waals surface area contributed by atoms with Crippen molar-refractivity contribution in [1.29, 1.82) is 0 Å². The summed E-state index contributed by atoms with van der Waals surface area (Å²) in [6.07, 6.45) is 0.304. The molecule has 32 heavy (non-hydrogen) atoms. The number of hydrogen-bond acceptors (Lipinski definition) is 9. The number of likely N-dealkylation sites (tertiary alicyclic amines) is 1. The van der Waals surface area contributed by atoms with Crippen molar-refractivity contribution in [2.45, 2.75) is 51.7 Å². The molecule has 3 aliphatic heterocycles. The Kier molecular flexibility index (Phi) is 6.68. The lowest BCUT2D eigenvalue weighted by atomic mass is 9.70. The molecule has 0 bridgehead atoms. The van der Waals surface area contributed by atoms with Gasteiger partial charge in [0.1, 0.15) is 11.9 Å². The summed E-state index contributed by atoms with van der Waals surface area (Å²) in [5.41, 5.74) is 0.158. The summed E-state index contributed by atoms with van der Waals surface area (Å²) in [4.78, 5) is 37.1. The maximum Gasteiger partial charge on any atom is 0.430 e. The standard InChI is InChI=1S/C19H25BN3O8.CH4/c1-10(24)22-12-6-14(21-7-12)18(25)23-8-13(9-23)30-15-3-2-11-4-5-20(28,29)31-17(11)16(15)19(26)27;/h2-3,12-14,21,28-29H,4-9H2,1H3,(H,22,24)(H,26,27);1H4/q-1;/p-1/t12-,14-;/m0./s1. The van der Waals surface area contributed by atoms with Crippen LogP contribution in [0.2, 0.25) is 6.32 Å². The third kappa shape index (κ3) is 4.82. The topological polar surface area (TPSA) is 160 Å². The molecule has 176 valence electrons. The maximum atomic E-state index is 12.6. The van der Waals surface area contributed by atoms with Gasteiger partial charge in [0, 0.05) is 19.5 Å². The minimum absolute atomic E-state index is 0. The molecule has 3 heterocycles. The highest BCUT2D eigenvalue weighted by Gasteiger charge is 2.39. The van der Waals surface area contributed by atoms with Gasteiger partial charge in [-0.2, -0.15) is 0 Å². The molecule has 4 rings (SSSR count). The lowest BCUT2D eigenvalue weighted by molar-refractivity contribution is -0.255. The van der Waals surface area contributed by atoms with E-state index in [1.165, 1.54) is 13.0 Å². The first-order valence-electron chi connectivity index (χ1n) is 10.3. The number of ether oxygens (including phenoxy) is 1. The molecule has 2 fully saturated rings. The fourth-order valence-electron chi connectivity index (χ4n) is 4.24. The largest absolute Gasteiger partial charge is 0.669 e. The van der Waals surface area contributed by atoms with E-state index >= 15 is 0 Å². The number of benzene rings is 1. The summed E-state index contributed by atoms with van der Waals surface area (Å²) in [7, 11) is 0. The van der Waals surface area contributed by atoms with Gasteiger partial charge in [-0.1, -0.05) is 19.8 Å². The zero-order valence-electron chi connectivity index (χ0n) is 17.0. The molecule has 11 nitrogen and oxygen atoms in total. The van der Waals surface area contributed by atoms with Gasteiger partial charge in [-0.15, -0.1) is 0 Å². The number of carbonyl (C=O) groups excluding carboxylic acids is 3. The molecule has 0 radical (unpaired) electrons. The second-order valence-electron chi connectivity index (χ2n) is 8.31. The van der Waals surface area contributed by atoms with E-state index in [1.807, 2.05) is 0 Å². The predicted molar refractivity (Wildman–Crippen MR) is 112 cm³/mol. The van der Waals surface area contributed by atoms with E-state index in [4.69, 9.17) is 9.39 Å². The Morgan fingerprint density at radius 1 is 1.31 bits per heavy atom. The van der Waals surface area contributed by atoms with Crippen LogP contribution in [0.1, 0.15) is 36.7 Å². The minimum atomic E-state index is -3.14. The summed E-state index contributed by atoms with van der Waals surface area (Å²) in [6, 6.07) is 2.63. The Morgan fingerprint density at radius 2 is 2.03 bits per heavy atom. The van der Waals surface area contributed by atoms with Crippen LogP contribution in [0.3, 0.4) is 0 Å². The molecule has 0 spiro atoms. The van der Waals surface area contributed by atoms with Gasteiger partial charge in [0.25, 0.3) is 0 Å². The maximum absolute atomic E-state index is 12.6. The lowest BCUT2D eigenvalue weighted by Gasteiger charge is -2.41. The van der Waals surface area contributed by atoms with Gasteiger partial charge in [0.15, 0.2) is 0 Å². The molecule has 1 aromatic carbocycles. The van der Waals surface area contributed by atoms with Crippen molar-refractivity contribution in [1.82, 2.24) is 15.5 Å². The van der Waals surface area contributed by atoms with Crippen molar-refractivity contribution < 1.29 is 38.9 Å². The van der Waals surface area contributed by atoms with Crippen LogP contribution in [0.5, 0.6) is 11.5 Å². The van der Waals surface area contributed by atoms with Crippen molar-refractivity contribution in [2.75, 3.05) is 19.6 Å². The van der Waals surface area contributed by atoms with Gasteiger partial charge in [-0.3, -0.25) is 9.59 Å². The number of nitrogens with zero attached hydrogens (tertiary/aromatic N) is 1. The summed E-state index contributed by atoms with van der Waals surface area (Å²) in [5.74, 6) is -1.95. The number of rotatable bonds is 5. The van der Waals surface area contributed by atoms with Gasteiger partial charge in [0.2, 0.25) is 11.8 Å². The Hall–Kier alpha value is -2.83. The summed E-state index contributed by atoms with van der Waals surface area (Å²) in [5, 5.41) is 37.2. The monoisotopic (exact) mass is 449 g/mol. The molecule has 0 unspecified atom stereocenters. The highest BCUT2D eigenvalue weighted by Crippen LogP contribution is 2.38. The fraction of sp³-hybridized carbons (Fsp3) is 0.550. The van der Waals surface area contributed by atoms with Crippen LogP contribution in [0.15, 0.2) is 12.1 Å². The molecule has 2 amide bonds. The molecule has 4 N–H and O–H groups in total. The van der Waals surface area contributed by atoms with Crippen LogP contribution in [0.25, 0.3) is 0 Å². The van der Waals surface area contributed by atoms with Crippen molar-refractivity contribution in [2.24, 2.45) is 0 Å². The fourth-order valence-corrected chi connectivity index (χ4v) is 4.24. The average Bonchev–Trinajstić information content (AvgIpc) is 3.10. The first kappa shape index (κ1) is 23.8. The van der Waals surface area contributed by atoms with Crippen molar-refractivity contribution in [3.8, 4) is 11.5 Å². The van der Waals surface area contributed by atoms with Crippen LogP contribution >= 0.6 is 0 Å². The number of carboxylic acids is 1. The smallest absolute Gasteiger partial charge is 0.430 e. The molecular formula is C20H28BN3O8-2. The van der Waals surface area contributed by atoms with Crippen LogP contribution in [-0.2, 0) is 16.0 Å². The lowest BCUT2D eigenvalue weighted by Crippen LogP contribution is -2.59. The van der Waals surface area contributed by atoms with Gasteiger partial charge >= 0.3 is 6.75 Å². The molecule has 12 heteroatoms. The molecule has 0 saturated carbocycles.